The number of benzene rings is 1. The van der Waals surface area contributed by atoms with Crippen molar-refractivity contribution < 1.29 is 4.79 Å². The zero-order chi connectivity index (χ0) is 16.2. The normalized spacial score (nSPS) is 10.9. The van der Waals surface area contributed by atoms with Gasteiger partial charge in [0.1, 0.15) is 5.82 Å². The number of fused-ring (bicyclic) bond motifs is 1. The lowest BCUT2D eigenvalue weighted by Gasteiger charge is -2.09. The van der Waals surface area contributed by atoms with E-state index in [0.29, 0.717) is 18.1 Å². The third-order valence-electron chi connectivity index (χ3n) is 3.66. The summed E-state index contributed by atoms with van der Waals surface area (Å²) in [5.74, 6) is 1.36. The van der Waals surface area contributed by atoms with Gasteiger partial charge < -0.3 is 5.32 Å². The number of nitrogens with zero attached hydrogens (tertiary/aromatic N) is 3. The highest BCUT2D eigenvalue weighted by molar-refractivity contribution is 5.90. The average molecular weight is 308 g/mol. The average Bonchev–Trinajstić information content (AvgIpc) is 2.92. The molecule has 2 heterocycles. The third kappa shape index (κ3) is 3.39. The maximum absolute atomic E-state index is 12.0. The molecule has 0 bridgehead atoms. The molecule has 0 aliphatic rings. The summed E-state index contributed by atoms with van der Waals surface area (Å²) in [5.41, 5.74) is 1.74. The monoisotopic (exact) mass is 308 g/mol. The minimum Gasteiger partial charge on any atom is -0.311 e. The Hall–Kier alpha value is -2.69. The van der Waals surface area contributed by atoms with Crippen molar-refractivity contribution in [3.63, 3.8) is 0 Å². The fraction of sp³-hybridized carbons (Fsp3) is 0.278. The summed E-state index contributed by atoms with van der Waals surface area (Å²) in [4.78, 5) is 16.6. The summed E-state index contributed by atoms with van der Waals surface area (Å²) in [7, 11) is 0. The van der Waals surface area contributed by atoms with E-state index >= 15 is 0 Å². The van der Waals surface area contributed by atoms with E-state index in [1.54, 1.807) is 4.68 Å². The van der Waals surface area contributed by atoms with E-state index in [-0.39, 0.29) is 5.91 Å². The molecule has 0 spiro atoms. The number of aromatic nitrogens is 3. The summed E-state index contributed by atoms with van der Waals surface area (Å²) in [6, 6.07) is 13.7. The number of para-hydroxylation sites is 1. The molecule has 5 heteroatoms. The van der Waals surface area contributed by atoms with E-state index in [1.165, 1.54) is 0 Å². The van der Waals surface area contributed by atoms with Crippen LogP contribution in [0, 0.1) is 6.92 Å². The predicted octanol–water partition coefficient (Wildman–Crippen LogP) is 3.86. The lowest BCUT2D eigenvalue weighted by atomic mass is 10.2. The van der Waals surface area contributed by atoms with Crippen LogP contribution in [0.3, 0.4) is 0 Å². The van der Waals surface area contributed by atoms with Gasteiger partial charge in [-0.15, -0.1) is 0 Å². The molecule has 23 heavy (non-hydrogen) atoms. The Morgan fingerprint density at radius 1 is 1.22 bits per heavy atom. The van der Waals surface area contributed by atoms with Crippen molar-refractivity contribution in [3.8, 4) is 5.82 Å². The first kappa shape index (κ1) is 15.2. The number of hydrogen-bond donors (Lipinski definition) is 1. The third-order valence-corrected chi connectivity index (χ3v) is 3.66. The molecule has 0 fully saturated rings. The highest BCUT2D eigenvalue weighted by atomic mass is 16.1. The van der Waals surface area contributed by atoms with Crippen LogP contribution < -0.4 is 5.32 Å². The fourth-order valence-electron chi connectivity index (χ4n) is 2.48. The summed E-state index contributed by atoms with van der Waals surface area (Å²) in [6.07, 6.45) is 2.40. The molecule has 3 aromatic rings. The molecular formula is C18H20N4O. The van der Waals surface area contributed by atoms with Crippen molar-refractivity contribution >= 4 is 22.6 Å². The Labute approximate surface area is 135 Å². The number of anilines is 1. The Kier molecular flexibility index (Phi) is 4.37. The second-order valence-electron chi connectivity index (χ2n) is 5.60. The van der Waals surface area contributed by atoms with Crippen molar-refractivity contribution in [3.05, 3.63) is 48.2 Å². The molecule has 0 saturated carbocycles. The molecule has 0 unspecified atom stereocenters. The van der Waals surface area contributed by atoms with Gasteiger partial charge in [0.25, 0.3) is 0 Å². The van der Waals surface area contributed by atoms with Crippen LogP contribution >= 0.6 is 0 Å². The molecule has 0 radical (unpaired) electrons. The molecule has 0 atom stereocenters. The zero-order valence-corrected chi connectivity index (χ0v) is 13.4. The molecular weight excluding hydrogens is 288 g/mol. The van der Waals surface area contributed by atoms with Crippen LogP contribution in [-0.2, 0) is 4.79 Å². The zero-order valence-electron chi connectivity index (χ0n) is 13.4. The highest BCUT2D eigenvalue weighted by Crippen LogP contribution is 2.19. The van der Waals surface area contributed by atoms with Crippen molar-refractivity contribution in [2.45, 2.75) is 33.1 Å². The quantitative estimate of drug-likeness (QED) is 0.778. The lowest BCUT2D eigenvalue weighted by molar-refractivity contribution is -0.116. The van der Waals surface area contributed by atoms with Crippen LogP contribution in [0.1, 0.15) is 31.9 Å². The van der Waals surface area contributed by atoms with Crippen molar-refractivity contribution in [1.82, 2.24) is 14.8 Å². The Balaban J connectivity index is 1.93. The molecule has 118 valence electrons. The Morgan fingerprint density at radius 2 is 2.04 bits per heavy atom. The van der Waals surface area contributed by atoms with Crippen LogP contribution in [0.5, 0.6) is 0 Å². The van der Waals surface area contributed by atoms with Crippen LogP contribution in [0.15, 0.2) is 42.5 Å². The van der Waals surface area contributed by atoms with E-state index < -0.39 is 0 Å². The smallest absolute Gasteiger partial charge is 0.225 e. The summed E-state index contributed by atoms with van der Waals surface area (Å²) in [6.45, 7) is 3.97. The standard InChI is InChI=1S/C18H20N4O/c1-3-4-9-18(23)20-17-12-13(2)21-22(17)16-11-10-14-7-5-6-8-15(14)19-16/h5-8,10-12H,3-4,9H2,1-2H3,(H,20,23). The van der Waals surface area contributed by atoms with Crippen LogP contribution in [0.2, 0.25) is 0 Å². The van der Waals surface area contributed by atoms with E-state index in [0.717, 1.165) is 29.4 Å². The van der Waals surface area contributed by atoms with Crippen LogP contribution in [-0.4, -0.2) is 20.7 Å². The van der Waals surface area contributed by atoms with Gasteiger partial charge in [-0.1, -0.05) is 31.5 Å². The lowest BCUT2D eigenvalue weighted by Crippen LogP contribution is -2.15. The number of hydrogen-bond acceptors (Lipinski definition) is 3. The Morgan fingerprint density at radius 3 is 2.87 bits per heavy atom. The molecule has 0 aliphatic carbocycles. The van der Waals surface area contributed by atoms with Crippen LogP contribution in [0.25, 0.3) is 16.7 Å². The van der Waals surface area contributed by atoms with Gasteiger partial charge in [0.05, 0.1) is 11.2 Å². The topological polar surface area (TPSA) is 59.8 Å². The van der Waals surface area contributed by atoms with Gasteiger partial charge in [0.15, 0.2) is 5.82 Å². The highest BCUT2D eigenvalue weighted by Gasteiger charge is 2.12. The molecule has 1 aromatic carbocycles. The Bertz CT molecular complexity index is 838. The first-order chi connectivity index (χ1) is 11.2. The van der Waals surface area contributed by atoms with Crippen molar-refractivity contribution in [2.75, 3.05) is 5.32 Å². The van der Waals surface area contributed by atoms with Gasteiger partial charge >= 0.3 is 0 Å². The second-order valence-corrected chi connectivity index (χ2v) is 5.60. The van der Waals surface area contributed by atoms with Gasteiger partial charge in [0, 0.05) is 17.9 Å². The predicted molar refractivity (Wildman–Crippen MR) is 91.8 cm³/mol. The molecule has 3 rings (SSSR count). The van der Waals surface area contributed by atoms with E-state index in [1.807, 2.05) is 49.4 Å². The maximum Gasteiger partial charge on any atom is 0.225 e. The number of rotatable bonds is 5. The van der Waals surface area contributed by atoms with Gasteiger partial charge in [-0.05, 0) is 31.5 Å². The fourth-order valence-corrected chi connectivity index (χ4v) is 2.48. The van der Waals surface area contributed by atoms with E-state index in [9.17, 15) is 4.79 Å². The number of aryl methyl sites for hydroxylation is 1. The maximum atomic E-state index is 12.0. The SMILES string of the molecule is CCCCC(=O)Nc1cc(C)nn1-c1ccc2ccccc2n1. The molecule has 0 aliphatic heterocycles. The van der Waals surface area contributed by atoms with E-state index in [4.69, 9.17) is 0 Å². The van der Waals surface area contributed by atoms with Gasteiger partial charge in [-0.3, -0.25) is 4.79 Å². The first-order valence-electron chi connectivity index (χ1n) is 7.90. The largest absolute Gasteiger partial charge is 0.311 e. The molecule has 2 aromatic heterocycles. The van der Waals surface area contributed by atoms with Crippen molar-refractivity contribution in [2.24, 2.45) is 0 Å². The molecule has 1 N–H and O–H groups in total. The molecule has 1 amide bonds. The summed E-state index contributed by atoms with van der Waals surface area (Å²) in [5, 5.41) is 8.47. The van der Waals surface area contributed by atoms with E-state index in [2.05, 4.69) is 22.3 Å². The van der Waals surface area contributed by atoms with Gasteiger partial charge in [-0.2, -0.15) is 9.78 Å². The number of nitrogens with one attached hydrogen (secondary N) is 1. The first-order valence-corrected chi connectivity index (χ1v) is 7.90. The van der Waals surface area contributed by atoms with Crippen molar-refractivity contribution in [1.29, 1.82) is 0 Å². The minimum absolute atomic E-state index is 0.00814. The minimum atomic E-state index is 0.00814. The van der Waals surface area contributed by atoms with Gasteiger partial charge in [0.2, 0.25) is 5.91 Å². The van der Waals surface area contributed by atoms with Gasteiger partial charge in [-0.25, -0.2) is 4.98 Å². The second kappa shape index (κ2) is 6.60. The molecule has 5 nitrogen and oxygen atoms in total. The number of carbonyl (C=O) groups is 1. The number of unbranched alkanes of at least 4 members (excludes halogenated alkanes) is 1. The van der Waals surface area contributed by atoms with Crippen LogP contribution in [0.4, 0.5) is 5.82 Å². The summed E-state index contributed by atoms with van der Waals surface area (Å²) < 4.78 is 1.69. The molecule has 0 saturated heterocycles. The summed E-state index contributed by atoms with van der Waals surface area (Å²) >= 11 is 0. The number of carbonyl (C=O) groups excluding carboxylic acids is 1. The number of pyridine rings is 1. The number of amides is 1.